The fraction of sp³-hybridized carbons (Fsp3) is 0.333. The maximum atomic E-state index is 11.3. The van der Waals surface area contributed by atoms with Crippen LogP contribution in [-0.4, -0.2) is 18.7 Å². The third-order valence-electron chi connectivity index (χ3n) is 1.91. The highest BCUT2D eigenvalue weighted by molar-refractivity contribution is 6.00. The molecule has 0 aromatic heterocycles. The molecule has 0 saturated carbocycles. The van der Waals surface area contributed by atoms with Gasteiger partial charge in [0.25, 0.3) is 0 Å². The van der Waals surface area contributed by atoms with Crippen molar-refractivity contribution in [3.05, 3.63) is 24.8 Å². The molecule has 3 heteroatoms. The molecule has 12 heavy (non-hydrogen) atoms. The molecule has 1 heterocycles. The van der Waals surface area contributed by atoms with Gasteiger partial charge in [-0.15, -0.1) is 6.58 Å². The number of nitrogens with one attached hydrogen (secondary N) is 1. The lowest BCUT2D eigenvalue weighted by atomic mass is 9.83. The second-order valence-corrected chi connectivity index (χ2v) is 2.76. The molecule has 1 N–H and O–H groups in total. The summed E-state index contributed by atoms with van der Waals surface area (Å²) < 4.78 is 0. The number of carbonyl (C=O) groups is 2. The predicted octanol–water partition coefficient (Wildman–Crippen LogP) is 0.434. The van der Waals surface area contributed by atoms with Crippen molar-refractivity contribution in [1.29, 1.82) is 0 Å². The average molecular weight is 165 g/mol. The molecule has 0 radical (unpaired) electrons. The Morgan fingerprint density at radius 2 is 2.50 bits per heavy atom. The summed E-state index contributed by atoms with van der Waals surface area (Å²) >= 11 is 0. The highest BCUT2D eigenvalue weighted by atomic mass is 16.2. The van der Waals surface area contributed by atoms with E-state index in [1.165, 1.54) is 0 Å². The molecule has 64 valence electrons. The van der Waals surface area contributed by atoms with E-state index in [-0.39, 0.29) is 5.91 Å². The van der Waals surface area contributed by atoms with Gasteiger partial charge in [0.15, 0.2) is 0 Å². The van der Waals surface area contributed by atoms with Gasteiger partial charge in [0.1, 0.15) is 11.7 Å². The second kappa shape index (κ2) is 3.34. The quantitative estimate of drug-likeness (QED) is 0.374. The Morgan fingerprint density at radius 1 is 1.75 bits per heavy atom. The first-order valence-electron chi connectivity index (χ1n) is 3.78. The monoisotopic (exact) mass is 165 g/mol. The van der Waals surface area contributed by atoms with E-state index < -0.39 is 5.41 Å². The largest absolute Gasteiger partial charge is 0.351 e. The lowest BCUT2D eigenvalue weighted by Crippen LogP contribution is -2.43. The second-order valence-electron chi connectivity index (χ2n) is 2.76. The van der Waals surface area contributed by atoms with Crippen LogP contribution in [0.5, 0.6) is 0 Å². The normalized spacial score (nSPS) is 27.8. The lowest BCUT2D eigenvalue weighted by Gasteiger charge is -2.24. The first-order valence-corrected chi connectivity index (χ1v) is 3.78. The standard InChI is InChI=1S/C9H11NO2/c1-2-4-9(7-11)5-3-6-10-8(9)12/h2-3,5,7H,1,4,6H2,(H,10,12)/t9-/m1/s1. The average Bonchev–Trinajstić information content (AvgIpc) is 2.10. The van der Waals surface area contributed by atoms with Gasteiger partial charge >= 0.3 is 0 Å². The third kappa shape index (κ3) is 1.30. The van der Waals surface area contributed by atoms with Crippen LogP contribution in [0.25, 0.3) is 0 Å². The molecule has 0 fully saturated rings. The van der Waals surface area contributed by atoms with E-state index in [9.17, 15) is 9.59 Å². The minimum absolute atomic E-state index is 0.236. The molecule has 1 atom stereocenters. The van der Waals surface area contributed by atoms with Crippen molar-refractivity contribution in [2.45, 2.75) is 6.42 Å². The van der Waals surface area contributed by atoms with Gasteiger partial charge in [0.2, 0.25) is 5.91 Å². The van der Waals surface area contributed by atoms with Gasteiger partial charge in [-0.2, -0.15) is 0 Å². The summed E-state index contributed by atoms with van der Waals surface area (Å²) in [5.74, 6) is -0.236. The van der Waals surface area contributed by atoms with Gasteiger partial charge in [-0.25, -0.2) is 0 Å². The zero-order chi connectivity index (χ0) is 9.03. The molecule has 0 aromatic carbocycles. The van der Waals surface area contributed by atoms with Crippen LogP contribution in [0, 0.1) is 5.41 Å². The molecule has 1 aliphatic heterocycles. The number of amides is 1. The Kier molecular flexibility index (Phi) is 2.43. The SMILES string of the molecule is C=CC[C@]1(C=O)C=CCNC1=O. The van der Waals surface area contributed by atoms with E-state index in [0.29, 0.717) is 19.3 Å². The summed E-state index contributed by atoms with van der Waals surface area (Å²) in [6.07, 6.45) is 6.02. The summed E-state index contributed by atoms with van der Waals surface area (Å²) in [5.41, 5.74) is -1.00. The summed E-state index contributed by atoms with van der Waals surface area (Å²) in [6.45, 7) is 4.01. The van der Waals surface area contributed by atoms with Crippen LogP contribution in [-0.2, 0) is 9.59 Å². The molecule has 1 amide bonds. The fourth-order valence-electron chi connectivity index (χ4n) is 1.20. The number of carbonyl (C=O) groups excluding carboxylic acids is 2. The van der Waals surface area contributed by atoms with E-state index >= 15 is 0 Å². The molecule has 0 spiro atoms. The molecule has 0 aromatic rings. The first kappa shape index (κ1) is 8.71. The molecular formula is C9H11NO2. The molecule has 0 aliphatic carbocycles. The molecule has 3 nitrogen and oxygen atoms in total. The van der Waals surface area contributed by atoms with Crippen molar-refractivity contribution < 1.29 is 9.59 Å². The van der Waals surface area contributed by atoms with Crippen molar-refractivity contribution in [3.63, 3.8) is 0 Å². The minimum atomic E-state index is -1.00. The number of hydrogen-bond donors (Lipinski definition) is 1. The van der Waals surface area contributed by atoms with Crippen LogP contribution < -0.4 is 5.32 Å². The predicted molar refractivity (Wildman–Crippen MR) is 45.5 cm³/mol. The van der Waals surface area contributed by atoms with Crippen molar-refractivity contribution >= 4 is 12.2 Å². The van der Waals surface area contributed by atoms with Crippen molar-refractivity contribution in [2.75, 3.05) is 6.54 Å². The van der Waals surface area contributed by atoms with E-state index in [2.05, 4.69) is 11.9 Å². The van der Waals surface area contributed by atoms with Gasteiger partial charge < -0.3 is 10.1 Å². The van der Waals surface area contributed by atoms with Gasteiger partial charge in [-0.1, -0.05) is 18.2 Å². The van der Waals surface area contributed by atoms with E-state index in [0.717, 1.165) is 0 Å². The Balaban J connectivity index is 2.95. The van der Waals surface area contributed by atoms with Gasteiger partial charge in [-0.05, 0) is 6.42 Å². The van der Waals surface area contributed by atoms with Crippen LogP contribution >= 0.6 is 0 Å². The van der Waals surface area contributed by atoms with Crippen LogP contribution in [0.2, 0.25) is 0 Å². The topological polar surface area (TPSA) is 46.2 Å². The zero-order valence-corrected chi connectivity index (χ0v) is 6.75. The Bertz CT molecular complexity index is 245. The Hall–Kier alpha value is -1.38. The number of hydrogen-bond acceptors (Lipinski definition) is 2. The van der Waals surface area contributed by atoms with Gasteiger partial charge in [0.05, 0.1) is 0 Å². The maximum Gasteiger partial charge on any atom is 0.237 e. The highest BCUT2D eigenvalue weighted by Crippen LogP contribution is 2.23. The molecule has 1 rings (SSSR count). The lowest BCUT2D eigenvalue weighted by molar-refractivity contribution is -0.133. The van der Waals surface area contributed by atoms with Crippen molar-refractivity contribution in [3.8, 4) is 0 Å². The third-order valence-corrected chi connectivity index (χ3v) is 1.91. The molecule has 0 unspecified atom stereocenters. The maximum absolute atomic E-state index is 11.3. The van der Waals surface area contributed by atoms with Gasteiger partial charge in [-0.3, -0.25) is 4.79 Å². The highest BCUT2D eigenvalue weighted by Gasteiger charge is 2.35. The summed E-state index contributed by atoms with van der Waals surface area (Å²) in [7, 11) is 0. The van der Waals surface area contributed by atoms with Crippen LogP contribution in [0.15, 0.2) is 24.8 Å². The van der Waals surface area contributed by atoms with E-state index in [1.54, 1.807) is 18.2 Å². The number of rotatable bonds is 3. The first-order chi connectivity index (χ1) is 5.75. The van der Waals surface area contributed by atoms with Crippen LogP contribution in [0.4, 0.5) is 0 Å². The molecule has 0 saturated heterocycles. The summed E-state index contributed by atoms with van der Waals surface area (Å²) in [5, 5.41) is 2.60. The summed E-state index contributed by atoms with van der Waals surface area (Å²) in [6, 6.07) is 0. The molecule has 0 bridgehead atoms. The minimum Gasteiger partial charge on any atom is -0.351 e. The number of allylic oxidation sites excluding steroid dienone is 1. The Morgan fingerprint density at radius 3 is 3.00 bits per heavy atom. The molecule has 1 aliphatic rings. The van der Waals surface area contributed by atoms with E-state index in [1.807, 2.05) is 0 Å². The van der Waals surface area contributed by atoms with Crippen LogP contribution in [0.1, 0.15) is 6.42 Å². The smallest absolute Gasteiger partial charge is 0.237 e. The van der Waals surface area contributed by atoms with Crippen molar-refractivity contribution in [2.24, 2.45) is 5.41 Å². The fourth-order valence-corrected chi connectivity index (χ4v) is 1.20. The zero-order valence-electron chi connectivity index (χ0n) is 6.75. The van der Waals surface area contributed by atoms with E-state index in [4.69, 9.17) is 0 Å². The molecular weight excluding hydrogens is 154 g/mol. The van der Waals surface area contributed by atoms with Crippen LogP contribution in [0.3, 0.4) is 0 Å². The van der Waals surface area contributed by atoms with Crippen molar-refractivity contribution in [1.82, 2.24) is 5.32 Å². The summed E-state index contributed by atoms with van der Waals surface area (Å²) in [4.78, 5) is 22.0. The van der Waals surface area contributed by atoms with Gasteiger partial charge in [0, 0.05) is 6.54 Å². The number of aldehydes is 1. The Labute approximate surface area is 71.1 Å².